The van der Waals surface area contributed by atoms with Crippen LogP contribution < -0.4 is 9.57 Å². The number of methoxy groups -OCH3 is 1. The number of benzene rings is 2. The molecular weight excluding hydrogens is 408 g/mol. The molecule has 11 nitrogen and oxygen atoms in total. The van der Waals surface area contributed by atoms with Crippen molar-refractivity contribution in [2.24, 2.45) is 5.16 Å². The number of morpholine rings is 1. The Labute approximate surface area is 178 Å². The molecule has 1 aliphatic rings. The molecule has 0 N–H and O–H groups in total. The fourth-order valence-corrected chi connectivity index (χ4v) is 3.14. The van der Waals surface area contributed by atoms with Crippen molar-refractivity contribution in [3.8, 4) is 11.5 Å². The van der Waals surface area contributed by atoms with Crippen LogP contribution in [0.25, 0.3) is 0 Å². The van der Waals surface area contributed by atoms with E-state index in [4.69, 9.17) is 14.3 Å². The molecule has 0 atom stereocenters. The molecule has 1 fully saturated rings. The van der Waals surface area contributed by atoms with Gasteiger partial charge in [-0.3, -0.25) is 25.1 Å². The zero-order valence-electron chi connectivity index (χ0n) is 17.1. The summed E-state index contributed by atoms with van der Waals surface area (Å²) in [6, 6.07) is 8.70. The predicted molar refractivity (Wildman–Crippen MR) is 112 cm³/mol. The molecule has 31 heavy (non-hydrogen) atoms. The summed E-state index contributed by atoms with van der Waals surface area (Å²) in [7, 11) is 1.61. The Morgan fingerprint density at radius 3 is 2.45 bits per heavy atom. The SMILES string of the molecule is COc1ccc(/C(C)=N\Oc2ccc([N+](=O)[O-])cc2[N+](=O)[O-])cc1CN1CCOCC1. The van der Waals surface area contributed by atoms with Gasteiger partial charge in [0, 0.05) is 31.3 Å². The number of nitro groups is 2. The molecule has 0 bridgehead atoms. The van der Waals surface area contributed by atoms with Crippen LogP contribution >= 0.6 is 0 Å². The van der Waals surface area contributed by atoms with Crippen molar-refractivity contribution in [3.05, 3.63) is 67.8 Å². The summed E-state index contributed by atoms with van der Waals surface area (Å²) < 4.78 is 10.8. The summed E-state index contributed by atoms with van der Waals surface area (Å²) in [5, 5.41) is 26.1. The van der Waals surface area contributed by atoms with Crippen LogP contribution in [0.4, 0.5) is 11.4 Å². The Hall–Kier alpha value is -3.57. The zero-order valence-corrected chi connectivity index (χ0v) is 17.1. The third-order valence-corrected chi connectivity index (χ3v) is 4.83. The molecule has 164 valence electrons. The molecule has 11 heteroatoms. The molecule has 0 aromatic heterocycles. The maximum absolute atomic E-state index is 11.2. The van der Waals surface area contributed by atoms with Crippen molar-refractivity contribution in [1.29, 1.82) is 0 Å². The minimum absolute atomic E-state index is 0.183. The molecule has 0 amide bonds. The number of rotatable bonds is 8. The Balaban J connectivity index is 1.82. The summed E-state index contributed by atoms with van der Waals surface area (Å²) in [5.74, 6) is 0.562. The number of hydrogen-bond acceptors (Lipinski definition) is 9. The van der Waals surface area contributed by atoms with E-state index in [9.17, 15) is 20.2 Å². The highest BCUT2D eigenvalue weighted by atomic mass is 16.7. The van der Waals surface area contributed by atoms with Crippen LogP contribution in [0.3, 0.4) is 0 Å². The minimum Gasteiger partial charge on any atom is -0.496 e. The molecule has 2 aromatic carbocycles. The second-order valence-electron chi connectivity index (χ2n) is 6.85. The van der Waals surface area contributed by atoms with Gasteiger partial charge >= 0.3 is 5.69 Å². The van der Waals surface area contributed by atoms with Crippen molar-refractivity contribution < 1.29 is 24.2 Å². The van der Waals surface area contributed by atoms with Crippen molar-refractivity contribution in [2.45, 2.75) is 13.5 Å². The molecule has 0 saturated carbocycles. The lowest BCUT2D eigenvalue weighted by atomic mass is 10.1. The molecule has 3 rings (SSSR count). The first kappa shape index (κ1) is 22.1. The minimum atomic E-state index is -0.749. The Morgan fingerprint density at radius 1 is 1.10 bits per heavy atom. The maximum Gasteiger partial charge on any atom is 0.321 e. The van der Waals surface area contributed by atoms with E-state index >= 15 is 0 Å². The molecule has 1 heterocycles. The van der Waals surface area contributed by atoms with Gasteiger partial charge in [-0.15, -0.1) is 0 Å². The number of ether oxygens (including phenoxy) is 2. The smallest absolute Gasteiger partial charge is 0.321 e. The van der Waals surface area contributed by atoms with E-state index in [1.165, 1.54) is 0 Å². The summed E-state index contributed by atoms with van der Waals surface area (Å²) in [4.78, 5) is 28.2. The number of non-ortho nitro benzene ring substituents is 1. The largest absolute Gasteiger partial charge is 0.496 e. The third-order valence-electron chi connectivity index (χ3n) is 4.83. The molecule has 0 spiro atoms. The van der Waals surface area contributed by atoms with Crippen LogP contribution in [0.5, 0.6) is 11.5 Å². The average molecular weight is 430 g/mol. The zero-order chi connectivity index (χ0) is 22.4. The lowest BCUT2D eigenvalue weighted by molar-refractivity contribution is -0.394. The Morgan fingerprint density at radius 2 is 1.81 bits per heavy atom. The predicted octanol–water partition coefficient (Wildman–Crippen LogP) is 3.15. The van der Waals surface area contributed by atoms with Crippen molar-refractivity contribution in [1.82, 2.24) is 4.90 Å². The lowest BCUT2D eigenvalue weighted by Gasteiger charge is -2.27. The third kappa shape index (κ3) is 5.53. The van der Waals surface area contributed by atoms with E-state index in [-0.39, 0.29) is 5.75 Å². The standard InChI is InChI=1S/C20H22N4O7/c1-14(21-31-20-6-4-17(23(25)26)12-18(20)24(27)28)15-3-5-19(29-2)16(11-15)13-22-7-9-30-10-8-22/h3-6,11-12H,7-10,13H2,1-2H3/b21-14-. The van der Waals surface area contributed by atoms with Crippen LogP contribution in [-0.2, 0) is 11.3 Å². The summed E-state index contributed by atoms with van der Waals surface area (Å²) in [5.41, 5.74) is 1.28. The highest BCUT2D eigenvalue weighted by molar-refractivity contribution is 5.98. The van der Waals surface area contributed by atoms with Gasteiger partial charge in [0.2, 0.25) is 5.75 Å². The van der Waals surface area contributed by atoms with Gasteiger partial charge in [0.1, 0.15) is 5.75 Å². The average Bonchev–Trinajstić information content (AvgIpc) is 2.77. The number of hydrogen-bond donors (Lipinski definition) is 0. The second-order valence-corrected chi connectivity index (χ2v) is 6.85. The fourth-order valence-electron chi connectivity index (χ4n) is 3.14. The van der Waals surface area contributed by atoms with Gasteiger partial charge in [-0.25, -0.2) is 0 Å². The Bertz CT molecular complexity index is 1000. The molecule has 1 saturated heterocycles. The maximum atomic E-state index is 11.2. The first-order valence-corrected chi connectivity index (χ1v) is 9.51. The van der Waals surface area contributed by atoms with E-state index < -0.39 is 21.2 Å². The number of oxime groups is 1. The number of nitrogens with zero attached hydrogens (tertiary/aromatic N) is 4. The fraction of sp³-hybridized carbons (Fsp3) is 0.350. The van der Waals surface area contributed by atoms with Crippen molar-refractivity contribution in [3.63, 3.8) is 0 Å². The first-order valence-electron chi connectivity index (χ1n) is 9.51. The summed E-state index contributed by atoms with van der Waals surface area (Å²) in [6.07, 6.45) is 0. The summed E-state index contributed by atoms with van der Waals surface area (Å²) in [6.45, 7) is 5.41. The van der Waals surface area contributed by atoms with Crippen LogP contribution in [0.2, 0.25) is 0 Å². The topological polar surface area (TPSA) is 130 Å². The van der Waals surface area contributed by atoms with Crippen LogP contribution in [0.15, 0.2) is 41.6 Å². The van der Waals surface area contributed by atoms with Gasteiger partial charge < -0.3 is 14.3 Å². The van der Waals surface area contributed by atoms with Crippen molar-refractivity contribution >= 4 is 17.1 Å². The molecule has 2 aromatic rings. The van der Waals surface area contributed by atoms with E-state index in [0.717, 1.165) is 48.2 Å². The normalized spacial score (nSPS) is 14.8. The van der Waals surface area contributed by atoms with E-state index in [1.807, 2.05) is 18.2 Å². The van der Waals surface area contributed by atoms with Gasteiger partial charge in [-0.05, 0) is 36.8 Å². The van der Waals surface area contributed by atoms with E-state index in [0.29, 0.717) is 25.5 Å². The van der Waals surface area contributed by atoms with Gasteiger partial charge in [0.15, 0.2) is 0 Å². The highest BCUT2D eigenvalue weighted by Gasteiger charge is 2.21. The molecule has 0 unspecified atom stereocenters. The Kier molecular flexibility index (Phi) is 7.11. The number of nitro benzene ring substituents is 2. The van der Waals surface area contributed by atoms with Crippen LogP contribution in [0, 0.1) is 20.2 Å². The lowest BCUT2D eigenvalue weighted by Crippen LogP contribution is -2.35. The van der Waals surface area contributed by atoms with Gasteiger partial charge in [-0.1, -0.05) is 5.16 Å². The monoisotopic (exact) mass is 430 g/mol. The van der Waals surface area contributed by atoms with Gasteiger partial charge in [0.05, 0.1) is 41.9 Å². The van der Waals surface area contributed by atoms with Crippen LogP contribution in [0.1, 0.15) is 18.1 Å². The molecule has 1 aliphatic heterocycles. The quantitative estimate of drug-likeness (QED) is 0.355. The molecule has 0 aliphatic carbocycles. The molecule has 0 radical (unpaired) electrons. The second kappa shape index (κ2) is 9.96. The van der Waals surface area contributed by atoms with Crippen molar-refractivity contribution in [2.75, 3.05) is 33.4 Å². The van der Waals surface area contributed by atoms with E-state index in [1.54, 1.807) is 14.0 Å². The van der Waals surface area contributed by atoms with Gasteiger partial charge in [0.25, 0.3) is 5.69 Å². The van der Waals surface area contributed by atoms with E-state index in [2.05, 4.69) is 10.1 Å². The van der Waals surface area contributed by atoms with Gasteiger partial charge in [-0.2, -0.15) is 0 Å². The first-order chi connectivity index (χ1) is 14.9. The van der Waals surface area contributed by atoms with Crippen LogP contribution in [-0.4, -0.2) is 53.9 Å². The molecular formula is C20H22N4O7. The summed E-state index contributed by atoms with van der Waals surface area (Å²) >= 11 is 0. The highest BCUT2D eigenvalue weighted by Crippen LogP contribution is 2.31.